The van der Waals surface area contributed by atoms with Gasteiger partial charge in [0, 0.05) is 24.5 Å². The molecule has 0 radical (unpaired) electrons. The average Bonchev–Trinajstić information content (AvgIpc) is 3.28. The molecule has 8 nitrogen and oxygen atoms in total. The maximum absolute atomic E-state index is 13.4. The zero-order chi connectivity index (χ0) is 28.8. The first-order chi connectivity index (χ1) is 19.7. The normalized spacial score (nSPS) is 34.4. The number of piperidine rings is 2. The van der Waals surface area contributed by atoms with Gasteiger partial charge in [0.15, 0.2) is 0 Å². The molecule has 9 heteroatoms. The highest BCUT2D eigenvalue weighted by Gasteiger charge is 2.58. The van der Waals surface area contributed by atoms with Crippen molar-refractivity contribution < 1.29 is 28.4 Å². The second kappa shape index (κ2) is 11.8. The molecule has 2 aliphatic heterocycles. The molecule has 6 rings (SSSR count). The van der Waals surface area contributed by atoms with Gasteiger partial charge in [-0.1, -0.05) is 39.2 Å². The van der Waals surface area contributed by atoms with Gasteiger partial charge in [-0.05, 0) is 118 Å². The third kappa shape index (κ3) is 5.96. The van der Waals surface area contributed by atoms with E-state index in [1.54, 1.807) is 6.07 Å². The number of hydrogen-bond donors (Lipinski definition) is 2. The van der Waals surface area contributed by atoms with Crippen molar-refractivity contribution in [2.75, 3.05) is 26.2 Å². The number of benzene rings is 1. The molecule has 228 valence electrons. The highest BCUT2D eigenvalue weighted by atomic mass is 31.2. The van der Waals surface area contributed by atoms with Gasteiger partial charge in [0.25, 0.3) is 0 Å². The second-order valence-corrected chi connectivity index (χ2v) is 15.0. The minimum atomic E-state index is -4.59. The molecule has 1 amide bonds. The first kappa shape index (κ1) is 29.5. The third-order valence-corrected chi connectivity index (χ3v) is 12.0. The summed E-state index contributed by atoms with van der Waals surface area (Å²) >= 11 is 0. The first-order valence-corrected chi connectivity index (χ1v) is 17.8. The lowest BCUT2D eigenvalue weighted by Crippen LogP contribution is -2.51. The summed E-state index contributed by atoms with van der Waals surface area (Å²) in [4.78, 5) is 36.7. The molecule has 0 unspecified atom stereocenters. The summed E-state index contributed by atoms with van der Waals surface area (Å²) in [5.41, 5.74) is 2.49. The molecule has 1 aromatic carbocycles. The number of nitrogens with zero attached hydrogens (tertiary/aromatic N) is 2. The number of likely N-dealkylation sites (tertiary alicyclic amines) is 2. The summed E-state index contributed by atoms with van der Waals surface area (Å²) in [6, 6.07) is 6.24. The number of fused-ring (bicyclic) bond motifs is 5. The van der Waals surface area contributed by atoms with Crippen LogP contribution in [0.4, 0.5) is 4.79 Å². The lowest BCUT2D eigenvalue weighted by atomic mass is 9.52. The Bertz CT molecular complexity index is 1140. The van der Waals surface area contributed by atoms with Crippen molar-refractivity contribution in [3.8, 4) is 5.75 Å². The van der Waals surface area contributed by atoms with Gasteiger partial charge < -0.3 is 19.1 Å². The number of ether oxygens (including phenoxy) is 1. The van der Waals surface area contributed by atoms with Gasteiger partial charge in [-0.2, -0.15) is 0 Å². The number of phosphoric acid groups is 1. The molecule has 6 atom stereocenters. The van der Waals surface area contributed by atoms with Crippen LogP contribution < -0.4 is 4.52 Å². The standard InChI is InChI=1S/C32H49N2O6P/c1-3-7-22-20-23-21-25(40-41(36,37)38)8-9-26(23)27-12-15-32(2)28(30(22)27)10-11-29(32)39-31(35)34-18-13-24(14-19-34)33-16-5-4-6-17-33/h8-9,21-22,24,27-30H,3-7,10-20H2,1-2H3,(H2,36,37,38)/t22-,27-,28+,29+,30-,32+/m1/s1. The Labute approximate surface area is 245 Å². The minimum absolute atomic E-state index is 0.00405. The fraction of sp³-hybridized carbons (Fsp3) is 0.781. The molecule has 0 spiro atoms. The summed E-state index contributed by atoms with van der Waals surface area (Å²) in [6.07, 6.45) is 13.2. The molecule has 41 heavy (non-hydrogen) atoms. The van der Waals surface area contributed by atoms with Crippen molar-refractivity contribution in [1.29, 1.82) is 0 Å². The SMILES string of the molecule is CCC[C@@H]1Cc2cc(OP(=O)(O)O)ccc2[C@H]2CC[C@]3(C)[C@@H](OC(=O)N4CCC(N5CCCCC5)CC4)CC[C@H]3[C@H]12. The minimum Gasteiger partial charge on any atom is -0.446 e. The van der Waals surface area contributed by atoms with Crippen molar-refractivity contribution in [1.82, 2.24) is 9.80 Å². The molecular weight excluding hydrogens is 539 g/mol. The van der Waals surface area contributed by atoms with E-state index in [9.17, 15) is 19.1 Å². The fourth-order valence-corrected chi connectivity index (χ4v) is 10.0. The lowest BCUT2D eigenvalue weighted by Gasteiger charge is -2.53. The van der Waals surface area contributed by atoms with Crippen molar-refractivity contribution in [3.63, 3.8) is 0 Å². The van der Waals surface area contributed by atoms with E-state index in [0.29, 0.717) is 29.7 Å². The van der Waals surface area contributed by atoms with Gasteiger partial charge in [-0.25, -0.2) is 9.36 Å². The predicted molar refractivity (Wildman–Crippen MR) is 158 cm³/mol. The molecule has 2 heterocycles. The molecule has 2 saturated heterocycles. The predicted octanol–water partition coefficient (Wildman–Crippen LogP) is 6.50. The van der Waals surface area contributed by atoms with Crippen LogP contribution >= 0.6 is 7.82 Å². The average molecular weight is 589 g/mol. The van der Waals surface area contributed by atoms with Crippen molar-refractivity contribution in [3.05, 3.63) is 29.3 Å². The molecule has 1 aromatic rings. The van der Waals surface area contributed by atoms with Crippen LogP contribution in [0.25, 0.3) is 0 Å². The first-order valence-electron chi connectivity index (χ1n) is 16.2. The van der Waals surface area contributed by atoms with Crippen LogP contribution in [0.15, 0.2) is 18.2 Å². The van der Waals surface area contributed by atoms with Crippen LogP contribution in [0.5, 0.6) is 5.75 Å². The summed E-state index contributed by atoms with van der Waals surface area (Å²) in [7, 11) is -4.59. The summed E-state index contributed by atoms with van der Waals surface area (Å²) < 4.78 is 22.8. The van der Waals surface area contributed by atoms with E-state index in [4.69, 9.17) is 9.26 Å². The van der Waals surface area contributed by atoms with Crippen LogP contribution in [0.3, 0.4) is 0 Å². The maximum atomic E-state index is 13.4. The van der Waals surface area contributed by atoms with Gasteiger partial charge >= 0.3 is 13.9 Å². The van der Waals surface area contributed by atoms with Gasteiger partial charge in [0.1, 0.15) is 11.9 Å². The Hall–Kier alpha value is -1.60. The topological polar surface area (TPSA) is 99.5 Å². The Morgan fingerprint density at radius 1 is 1.05 bits per heavy atom. The van der Waals surface area contributed by atoms with Crippen molar-refractivity contribution in [2.24, 2.45) is 23.2 Å². The number of amides is 1. The fourth-order valence-electron chi connectivity index (χ4n) is 9.65. The Morgan fingerprint density at radius 3 is 2.51 bits per heavy atom. The Balaban J connectivity index is 1.13. The van der Waals surface area contributed by atoms with Gasteiger partial charge in [-0.3, -0.25) is 9.79 Å². The van der Waals surface area contributed by atoms with Gasteiger partial charge in [0.2, 0.25) is 0 Å². The van der Waals surface area contributed by atoms with E-state index in [2.05, 4.69) is 18.7 Å². The van der Waals surface area contributed by atoms with Crippen LogP contribution in [0.2, 0.25) is 0 Å². The van der Waals surface area contributed by atoms with Gasteiger partial charge in [-0.15, -0.1) is 0 Å². The summed E-state index contributed by atoms with van der Waals surface area (Å²) in [5, 5.41) is 0. The summed E-state index contributed by atoms with van der Waals surface area (Å²) in [5.74, 6) is 2.24. The van der Waals surface area contributed by atoms with E-state index >= 15 is 0 Å². The van der Waals surface area contributed by atoms with Crippen LogP contribution in [0.1, 0.15) is 102 Å². The molecule has 2 N–H and O–H groups in total. The summed E-state index contributed by atoms with van der Waals surface area (Å²) in [6.45, 7) is 8.67. The smallest absolute Gasteiger partial charge is 0.446 e. The number of hydrogen-bond acceptors (Lipinski definition) is 5. The molecular formula is C32H49N2O6P. The highest BCUT2D eigenvalue weighted by molar-refractivity contribution is 7.46. The van der Waals surface area contributed by atoms with Crippen molar-refractivity contribution >= 4 is 13.9 Å². The van der Waals surface area contributed by atoms with E-state index < -0.39 is 7.82 Å². The number of carbonyl (C=O) groups is 1. The maximum Gasteiger partial charge on any atom is 0.524 e. The van der Waals surface area contributed by atoms with E-state index in [-0.39, 0.29) is 23.4 Å². The van der Waals surface area contributed by atoms with Crippen molar-refractivity contribution in [2.45, 2.75) is 109 Å². The van der Waals surface area contributed by atoms with Crippen LogP contribution in [-0.4, -0.2) is 64.0 Å². The zero-order valence-corrected chi connectivity index (χ0v) is 25.8. The zero-order valence-electron chi connectivity index (χ0n) is 24.9. The molecule has 3 aliphatic carbocycles. The number of carbonyl (C=O) groups excluding carboxylic acids is 1. The molecule has 5 aliphatic rings. The Kier molecular flexibility index (Phi) is 8.50. The van der Waals surface area contributed by atoms with Crippen LogP contribution in [0, 0.1) is 23.2 Å². The van der Waals surface area contributed by atoms with Crippen LogP contribution in [-0.2, 0) is 15.7 Å². The monoisotopic (exact) mass is 588 g/mol. The molecule has 4 fully saturated rings. The second-order valence-electron chi connectivity index (χ2n) is 13.8. The van der Waals surface area contributed by atoms with Gasteiger partial charge in [0.05, 0.1) is 0 Å². The third-order valence-electron chi connectivity index (χ3n) is 11.5. The number of phosphoric ester groups is 1. The molecule has 0 aromatic heterocycles. The molecule has 2 saturated carbocycles. The number of rotatable bonds is 6. The largest absolute Gasteiger partial charge is 0.524 e. The lowest BCUT2D eigenvalue weighted by molar-refractivity contribution is -0.0548. The van der Waals surface area contributed by atoms with E-state index in [1.165, 1.54) is 43.5 Å². The molecule has 0 bridgehead atoms. The highest BCUT2D eigenvalue weighted by Crippen LogP contribution is 2.63. The van der Waals surface area contributed by atoms with E-state index in [0.717, 1.165) is 70.9 Å². The quantitative estimate of drug-likeness (QED) is 0.366. The van der Waals surface area contributed by atoms with E-state index in [1.807, 2.05) is 17.0 Å². The Morgan fingerprint density at radius 2 is 1.80 bits per heavy atom.